The molecule has 42 heavy (non-hydrogen) atoms. The van der Waals surface area contributed by atoms with E-state index in [0.717, 1.165) is 0 Å². The van der Waals surface area contributed by atoms with Gasteiger partial charge in [-0.05, 0) is 30.3 Å². The fraction of sp³-hybridized carbons (Fsp3) is 0.143. The fourth-order valence-electron chi connectivity index (χ4n) is 5.00. The number of aliphatic hydroxyl groups is 1. The van der Waals surface area contributed by atoms with Crippen molar-refractivity contribution in [3.8, 4) is 11.4 Å². The van der Waals surface area contributed by atoms with Crippen LogP contribution in [-0.4, -0.2) is 44.3 Å². The average Bonchev–Trinajstić information content (AvgIpc) is 3.50. The van der Waals surface area contributed by atoms with Crippen LogP contribution in [0, 0.1) is 23.3 Å². The Morgan fingerprint density at radius 2 is 1.88 bits per heavy atom. The molecule has 0 aliphatic carbocycles. The van der Waals surface area contributed by atoms with E-state index in [-0.39, 0.29) is 29.0 Å². The number of aliphatic hydroxyl groups excluding tert-OH is 1. The van der Waals surface area contributed by atoms with Crippen molar-refractivity contribution in [2.75, 3.05) is 17.3 Å². The number of hydrogen-bond acceptors (Lipinski definition) is 7. The van der Waals surface area contributed by atoms with E-state index in [0.29, 0.717) is 27.8 Å². The van der Waals surface area contributed by atoms with Crippen molar-refractivity contribution >= 4 is 28.3 Å². The Bertz CT molecular complexity index is 1890. The molecule has 0 bridgehead atoms. The second-order valence-electron chi connectivity index (χ2n) is 9.42. The quantitative estimate of drug-likeness (QED) is 0.129. The number of H-pyrrole nitrogens is 2. The number of aromatic amines is 2. The molecule has 0 saturated carbocycles. The second-order valence-corrected chi connectivity index (χ2v) is 9.42. The maximum atomic E-state index is 14.1. The van der Waals surface area contributed by atoms with E-state index in [4.69, 9.17) is 4.74 Å². The monoisotopic (exact) mass is 580 g/mol. The molecule has 0 spiro atoms. The number of rotatable bonds is 7. The minimum Gasteiger partial charge on any atom is -0.373 e. The zero-order valence-electron chi connectivity index (χ0n) is 21.6. The third kappa shape index (κ3) is 4.46. The number of pyridine rings is 2. The lowest BCUT2D eigenvalue weighted by Crippen LogP contribution is -2.28. The van der Waals surface area contributed by atoms with E-state index >= 15 is 0 Å². The number of nitrogens with one attached hydrogen (secondary N) is 3. The lowest BCUT2D eigenvalue weighted by Gasteiger charge is -2.23. The average molecular weight is 580 g/mol. The van der Waals surface area contributed by atoms with Gasteiger partial charge in [0.05, 0.1) is 34.2 Å². The van der Waals surface area contributed by atoms with Gasteiger partial charge in [0.15, 0.2) is 29.5 Å². The molecule has 4 heterocycles. The first-order chi connectivity index (χ1) is 20.2. The van der Waals surface area contributed by atoms with Crippen LogP contribution in [0.2, 0.25) is 0 Å². The summed E-state index contributed by atoms with van der Waals surface area (Å²) in [5.74, 6) is -6.80. The number of benzene rings is 2. The molecule has 2 aromatic carbocycles. The molecule has 2 atom stereocenters. The van der Waals surface area contributed by atoms with Gasteiger partial charge in [0, 0.05) is 43.1 Å². The third-order valence-corrected chi connectivity index (χ3v) is 6.87. The predicted octanol–water partition coefficient (Wildman–Crippen LogP) is 4.15. The van der Waals surface area contributed by atoms with Crippen molar-refractivity contribution in [1.82, 2.24) is 19.9 Å². The van der Waals surface area contributed by atoms with Gasteiger partial charge >= 0.3 is 0 Å². The Labute approximate surface area is 233 Å². The molecule has 6 rings (SSSR count). The summed E-state index contributed by atoms with van der Waals surface area (Å²) in [5.41, 5.74) is 0.504. The van der Waals surface area contributed by atoms with Crippen LogP contribution in [0.3, 0.4) is 0 Å². The topological polar surface area (TPSA) is 136 Å². The molecule has 10 nitrogen and oxygen atoms in total. The number of fused-ring (bicyclic) bond motifs is 2. The molecular formula is C28H20F4N6O4. The van der Waals surface area contributed by atoms with Gasteiger partial charge in [-0.1, -0.05) is 0 Å². The van der Waals surface area contributed by atoms with E-state index in [1.807, 2.05) is 0 Å². The predicted molar refractivity (Wildman–Crippen MR) is 143 cm³/mol. The number of carbonyl (C=O) groups is 1. The summed E-state index contributed by atoms with van der Waals surface area (Å²) in [4.78, 5) is 41.7. The Morgan fingerprint density at radius 1 is 1.12 bits per heavy atom. The van der Waals surface area contributed by atoms with E-state index < -0.39 is 53.3 Å². The van der Waals surface area contributed by atoms with Crippen molar-refractivity contribution in [2.24, 2.45) is 0 Å². The van der Waals surface area contributed by atoms with Gasteiger partial charge in [0.25, 0.3) is 11.5 Å². The van der Waals surface area contributed by atoms with Crippen LogP contribution in [0.4, 0.5) is 28.9 Å². The zero-order chi connectivity index (χ0) is 29.7. The number of anilines is 2. The Hall–Kier alpha value is -5.08. The number of aromatic nitrogens is 4. The zero-order valence-corrected chi connectivity index (χ0v) is 21.6. The minimum absolute atomic E-state index is 0.00383. The van der Waals surface area contributed by atoms with Gasteiger partial charge in [-0.3, -0.25) is 19.5 Å². The highest BCUT2D eigenvalue weighted by molar-refractivity contribution is 6.12. The first-order valence-electron chi connectivity index (χ1n) is 12.5. The SMILES string of the molecule is COC1c2cc3[nH]c(-c4c(N[C@@H](O)Cc5c(F)c(F)cc(F)c5F)cc[nH]c4=O)nc3cc2C(=O)N1c1cccnc1. The smallest absolute Gasteiger partial charge is 0.261 e. The molecule has 4 N–H and O–H groups in total. The van der Waals surface area contributed by atoms with Gasteiger partial charge in [-0.15, -0.1) is 0 Å². The molecule has 0 fully saturated rings. The highest BCUT2D eigenvalue weighted by atomic mass is 19.2. The summed E-state index contributed by atoms with van der Waals surface area (Å²) in [6.45, 7) is 0. The Kier molecular flexibility index (Phi) is 6.71. The van der Waals surface area contributed by atoms with Crippen molar-refractivity contribution in [3.63, 3.8) is 0 Å². The molecule has 14 heteroatoms. The highest BCUT2D eigenvalue weighted by Gasteiger charge is 2.39. The molecular weight excluding hydrogens is 560 g/mol. The lowest BCUT2D eigenvalue weighted by atomic mass is 10.1. The van der Waals surface area contributed by atoms with Crippen LogP contribution in [0.15, 0.2) is 59.8 Å². The van der Waals surface area contributed by atoms with Crippen molar-refractivity contribution < 1.29 is 32.2 Å². The van der Waals surface area contributed by atoms with Gasteiger partial charge in [0.1, 0.15) is 17.6 Å². The molecule has 1 aliphatic rings. The van der Waals surface area contributed by atoms with E-state index in [1.165, 1.54) is 30.5 Å². The van der Waals surface area contributed by atoms with E-state index in [9.17, 15) is 32.3 Å². The number of ether oxygens (including phenoxy) is 1. The number of nitrogens with zero attached hydrogens (tertiary/aromatic N) is 3. The van der Waals surface area contributed by atoms with Gasteiger partial charge in [0.2, 0.25) is 0 Å². The molecule has 1 amide bonds. The number of halogens is 4. The van der Waals surface area contributed by atoms with Crippen LogP contribution in [0.25, 0.3) is 22.4 Å². The number of carbonyl (C=O) groups excluding carboxylic acids is 1. The highest BCUT2D eigenvalue weighted by Crippen LogP contribution is 2.39. The number of methoxy groups -OCH3 is 1. The van der Waals surface area contributed by atoms with E-state index in [1.54, 1.807) is 30.5 Å². The third-order valence-electron chi connectivity index (χ3n) is 6.87. The summed E-state index contributed by atoms with van der Waals surface area (Å²) < 4.78 is 61.2. The molecule has 0 saturated heterocycles. The molecule has 1 unspecified atom stereocenters. The summed E-state index contributed by atoms with van der Waals surface area (Å²) in [6.07, 6.45) is 1.00. The van der Waals surface area contributed by atoms with Crippen molar-refractivity contribution in [1.29, 1.82) is 0 Å². The molecule has 1 aliphatic heterocycles. The fourth-order valence-corrected chi connectivity index (χ4v) is 5.00. The first kappa shape index (κ1) is 27.1. The Morgan fingerprint density at radius 3 is 2.57 bits per heavy atom. The van der Waals surface area contributed by atoms with Gasteiger partial charge in [-0.25, -0.2) is 22.5 Å². The lowest BCUT2D eigenvalue weighted by molar-refractivity contribution is 0.0822. The van der Waals surface area contributed by atoms with Crippen molar-refractivity contribution in [2.45, 2.75) is 18.9 Å². The van der Waals surface area contributed by atoms with Crippen LogP contribution in [0.5, 0.6) is 0 Å². The van der Waals surface area contributed by atoms with Gasteiger partial charge < -0.3 is 25.1 Å². The number of imidazole rings is 1. The number of amides is 1. The van der Waals surface area contributed by atoms with Crippen LogP contribution >= 0.6 is 0 Å². The van der Waals surface area contributed by atoms with Gasteiger partial charge in [-0.2, -0.15) is 0 Å². The first-order valence-corrected chi connectivity index (χ1v) is 12.5. The summed E-state index contributed by atoms with van der Waals surface area (Å²) in [5, 5.41) is 13.1. The van der Waals surface area contributed by atoms with Crippen LogP contribution in [0.1, 0.15) is 27.7 Å². The molecule has 0 radical (unpaired) electrons. The molecule has 3 aromatic heterocycles. The molecule has 214 valence electrons. The molecule has 5 aromatic rings. The largest absolute Gasteiger partial charge is 0.373 e. The van der Waals surface area contributed by atoms with Crippen molar-refractivity contribution in [3.05, 3.63) is 105 Å². The summed E-state index contributed by atoms with van der Waals surface area (Å²) in [6, 6.07) is 8.08. The standard InChI is InChI=1S/C28H20F4N6O4/c1-42-28-14-8-20-19(7-13(14)27(41)38(28)12-3-2-5-33-11-12)36-25(37-20)22-18(4-6-34-26(22)40)35-21(39)9-15-23(31)16(29)10-17(30)24(15)32/h2-8,10-11,21,28,39H,9H2,1H3,(H,36,37)(H2,34,35,40)/t21-,28?/m0/s1. The Balaban J connectivity index is 1.35. The van der Waals surface area contributed by atoms with Crippen LogP contribution < -0.4 is 15.8 Å². The second kappa shape index (κ2) is 10.4. The van der Waals surface area contributed by atoms with E-state index in [2.05, 4.69) is 25.3 Å². The number of hydrogen-bond donors (Lipinski definition) is 4. The maximum absolute atomic E-state index is 14.1. The normalized spacial score (nSPS) is 15.3. The maximum Gasteiger partial charge on any atom is 0.261 e. The van der Waals surface area contributed by atoms with Crippen LogP contribution in [-0.2, 0) is 11.2 Å². The summed E-state index contributed by atoms with van der Waals surface area (Å²) in [7, 11) is 1.46. The minimum atomic E-state index is -1.76. The summed E-state index contributed by atoms with van der Waals surface area (Å²) >= 11 is 0.